The molecule has 1 aliphatic rings. The molecule has 1 heterocycles. The Morgan fingerprint density at radius 2 is 1.55 bits per heavy atom. The lowest BCUT2D eigenvalue weighted by Crippen LogP contribution is -2.50. The SMILES string of the molecule is Cc1ccccc1N1C(=O)C(C)(C)Oc2ccccc21. The Hall–Kier alpha value is -2.29. The van der Waals surface area contributed by atoms with Gasteiger partial charge in [0.15, 0.2) is 5.60 Å². The van der Waals surface area contributed by atoms with Crippen LogP contribution >= 0.6 is 0 Å². The highest BCUT2D eigenvalue weighted by atomic mass is 16.5. The summed E-state index contributed by atoms with van der Waals surface area (Å²) < 4.78 is 5.83. The van der Waals surface area contributed by atoms with Gasteiger partial charge in [-0.1, -0.05) is 30.3 Å². The van der Waals surface area contributed by atoms with Crippen LogP contribution in [0.3, 0.4) is 0 Å². The molecule has 2 aromatic rings. The van der Waals surface area contributed by atoms with E-state index in [1.165, 1.54) is 0 Å². The first-order valence-corrected chi connectivity index (χ1v) is 6.69. The number of nitrogens with zero attached hydrogens (tertiary/aromatic N) is 1. The minimum absolute atomic E-state index is 0.0505. The number of ether oxygens (including phenoxy) is 1. The van der Waals surface area contributed by atoms with Gasteiger partial charge in [-0.15, -0.1) is 0 Å². The summed E-state index contributed by atoms with van der Waals surface area (Å²) in [6.45, 7) is 5.61. The summed E-state index contributed by atoms with van der Waals surface area (Å²) in [6.07, 6.45) is 0. The third-order valence-corrected chi connectivity index (χ3v) is 3.55. The topological polar surface area (TPSA) is 29.5 Å². The number of benzene rings is 2. The third kappa shape index (κ3) is 1.86. The summed E-state index contributed by atoms with van der Waals surface area (Å²) in [4.78, 5) is 14.5. The van der Waals surface area contributed by atoms with Crippen molar-refractivity contribution in [3.63, 3.8) is 0 Å². The molecule has 2 aromatic carbocycles. The number of para-hydroxylation sites is 3. The molecule has 0 saturated heterocycles. The van der Waals surface area contributed by atoms with E-state index in [2.05, 4.69) is 0 Å². The molecule has 0 bridgehead atoms. The average molecular weight is 267 g/mol. The van der Waals surface area contributed by atoms with E-state index in [-0.39, 0.29) is 5.91 Å². The standard InChI is InChI=1S/C17H17NO2/c1-12-8-4-5-9-13(12)18-14-10-6-7-11-15(14)20-17(2,3)16(18)19/h4-11H,1-3H3. The van der Waals surface area contributed by atoms with Crippen LogP contribution in [0.5, 0.6) is 5.75 Å². The maximum absolute atomic E-state index is 12.8. The van der Waals surface area contributed by atoms with Gasteiger partial charge in [0, 0.05) is 0 Å². The Balaban J connectivity index is 2.23. The maximum Gasteiger partial charge on any atom is 0.275 e. The van der Waals surface area contributed by atoms with Crippen LogP contribution in [0.1, 0.15) is 19.4 Å². The molecule has 102 valence electrons. The van der Waals surface area contributed by atoms with Crippen molar-refractivity contribution in [3.8, 4) is 5.75 Å². The van der Waals surface area contributed by atoms with Crippen LogP contribution in [-0.4, -0.2) is 11.5 Å². The molecule has 20 heavy (non-hydrogen) atoms. The Labute approximate surface area is 118 Å². The molecule has 1 aliphatic heterocycles. The Kier molecular flexibility index (Phi) is 2.78. The van der Waals surface area contributed by atoms with Crippen LogP contribution in [0.25, 0.3) is 0 Å². The van der Waals surface area contributed by atoms with Gasteiger partial charge >= 0.3 is 0 Å². The fraction of sp³-hybridized carbons (Fsp3) is 0.235. The molecule has 0 fully saturated rings. The fourth-order valence-corrected chi connectivity index (χ4v) is 2.48. The Morgan fingerprint density at radius 1 is 0.950 bits per heavy atom. The number of hydrogen-bond donors (Lipinski definition) is 0. The van der Waals surface area contributed by atoms with Crippen molar-refractivity contribution < 1.29 is 9.53 Å². The normalized spacial score (nSPS) is 16.6. The number of carbonyl (C=O) groups is 1. The first-order valence-electron chi connectivity index (χ1n) is 6.69. The predicted molar refractivity (Wildman–Crippen MR) is 79.5 cm³/mol. The zero-order chi connectivity index (χ0) is 14.3. The predicted octanol–water partition coefficient (Wildman–Crippen LogP) is 3.83. The van der Waals surface area contributed by atoms with Crippen LogP contribution in [-0.2, 0) is 4.79 Å². The van der Waals surface area contributed by atoms with Crippen molar-refractivity contribution in [2.75, 3.05) is 4.90 Å². The number of fused-ring (bicyclic) bond motifs is 1. The van der Waals surface area contributed by atoms with Crippen molar-refractivity contribution in [1.29, 1.82) is 0 Å². The molecule has 0 aliphatic carbocycles. The van der Waals surface area contributed by atoms with E-state index >= 15 is 0 Å². The van der Waals surface area contributed by atoms with Crippen molar-refractivity contribution in [3.05, 3.63) is 54.1 Å². The van der Waals surface area contributed by atoms with Crippen molar-refractivity contribution in [1.82, 2.24) is 0 Å². The van der Waals surface area contributed by atoms with E-state index in [0.29, 0.717) is 0 Å². The maximum atomic E-state index is 12.8. The highest BCUT2D eigenvalue weighted by molar-refractivity contribution is 6.08. The molecule has 0 saturated carbocycles. The highest BCUT2D eigenvalue weighted by Crippen LogP contribution is 2.42. The highest BCUT2D eigenvalue weighted by Gasteiger charge is 2.41. The van der Waals surface area contributed by atoms with Crippen molar-refractivity contribution in [2.45, 2.75) is 26.4 Å². The number of hydrogen-bond acceptors (Lipinski definition) is 2. The lowest BCUT2D eigenvalue weighted by molar-refractivity contribution is -0.131. The number of rotatable bonds is 1. The smallest absolute Gasteiger partial charge is 0.275 e. The van der Waals surface area contributed by atoms with E-state index in [9.17, 15) is 4.79 Å². The second-order valence-electron chi connectivity index (χ2n) is 5.51. The quantitative estimate of drug-likeness (QED) is 0.786. The molecule has 0 atom stereocenters. The molecular weight excluding hydrogens is 250 g/mol. The van der Waals surface area contributed by atoms with E-state index < -0.39 is 5.60 Å². The van der Waals surface area contributed by atoms with Crippen LogP contribution in [0.15, 0.2) is 48.5 Å². The largest absolute Gasteiger partial charge is 0.476 e. The van der Waals surface area contributed by atoms with E-state index in [1.54, 1.807) is 18.7 Å². The van der Waals surface area contributed by atoms with Gasteiger partial charge in [0.2, 0.25) is 0 Å². The molecule has 0 aromatic heterocycles. The van der Waals surface area contributed by atoms with Gasteiger partial charge in [-0.3, -0.25) is 9.69 Å². The van der Waals surface area contributed by atoms with E-state index in [4.69, 9.17) is 4.74 Å². The molecule has 0 unspecified atom stereocenters. The van der Waals surface area contributed by atoms with Gasteiger partial charge in [-0.2, -0.15) is 0 Å². The molecule has 0 radical (unpaired) electrons. The van der Waals surface area contributed by atoms with Crippen LogP contribution < -0.4 is 9.64 Å². The summed E-state index contributed by atoms with van der Waals surface area (Å²) in [6, 6.07) is 15.5. The Morgan fingerprint density at radius 3 is 2.25 bits per heavy atom. The fourth-order valence-electron chi connectivity index (χ4n) is 2.48. The molecule has 3 heteroatoms. The van der Waals surface area contributed by atoms with Gasteiger partial charge < -0.3 is 4.74 Å². The summed E-state index contributed by atoms with van der Waals surface area (Å²) in [5, 5.41) is 0. The van der Waals surface area contributed by atoms with Crippen molar-refractivity contribution in [2.24, 2.45) is 0 Å². The third-order valence-electron chi connectivity index (χ3n) is 3.55. The average Bonchev–Trinajstić information content (AvgIpc) is 2.41. The summed E-state index contributed by atoms with van der Waals surface area (Å²) in [7, 11) is 0. The molecular formula is C17H17NO2. The first-order chi connectivity index (χ1) is 9.50. The number of aryl methyl sites for hydroxylation is 1. The number of anilines is 2. The molecule has 0 N–H and O–H groups in total. The zero-order valence-electron chi connectivity index (χ0n) is 11.9. The van der Waals surface area contributed by atoms with E-state index in [0.717, 1.165) is 22.7 Å². The molecule has 3 rings (SSSR count). The van der Waals surface area contributed by atoms with Crippen LogP contribution in [0, 0.1) is 6.92 Å². The molecule has 1 amide bonds. The lowest BCUT2D eigenvalue weighted by Gasteiger charge is -2.39. The minimum atomic E-state index is -0.864. The second kappa shape index (κ2) is 4.37. The summed E-state index contributed by atoms with van der Waals surface area (Å²) >= 11 is 0. The molecule has 0 spiro atoms. The Bertz CT molecular complexity index is 676. The van der Waals surface area contributed by atoms with Gasteiger partial charge in [0.1, 0.15) is 5.75 Å². The van der Waals surface area contributed by atoms with Gasteiger partial charge in [0.05, 0.1) is 11.4 Å². The van der Waals surface area contributed by atoms with Gasteiger partial charge in [-0.05, 0) is 44.5 Å². The van der Waals surface area contributed by atoms with E-state index in [1.807, 2.05) is 55.5 Å². The number of carbonyl (C=O) groups excluding carboxylic acids is 1. The molecule has 3 nitrogen and oxygen atoms in total. The minimum Gasteiger partial charge on any atom is -0.476 e. The van der Waals surface area contributed by atoms with Gasteiger partial charge in [0.25, 0.3) is 5.91 Å². The van der Waals surface area contributed by atoms with Crippen LogP contribution in [0.4, 0.5) is 11.4 Å². The zero-order valence-corrected chi connectivity index (χ0v) is 11.9. The second-order valence-corrected chi connectivity index (χ2v) is 5.51. The van der Waals surface area contributed by atoms with Gasteiger partial charge in [-0.25, -0.2) is 0 Å². The monoisotopic (exact) mass is 267 g/mol. The van der Waals surface area contributed by atoms with Crippen molar-refractivity contribution >= 4 is 17.3 Å². The summed E-state index contributed by atoms with van der Waals surface area (Å²) in [5.41, 5.74) is 1.90. The summed E-state index contributed by atoms with van der Waals surface area (Å²) in [5.74, 6) is 0.686. The first kappa shape index (κ1) is 12.7. The lowest BCUT2D eigenvalue weighted by atomic mass is 10.0. The number of amides is 1. The van der Waals surface area contributed by atoms with Crippen LogP contribution in [0.2, 0.25) is 0 Å².